The van der Waals surface area contributed by atoms with E-state index in [-0.39, 0.29) is 23.3 Å². The van der Waals surface area contributed by atoms with Gasteiger partial charge < -0.3 is 9.47 Å². The summed E-state index contributed by atoms with van der Waals surface area (Å²) < 4.78 is 26.1. The summed E-state index contributed by atoms with van der Waals surface area (Å²) in [6.45, 7) is 3.81. The molecule has 0 saturated carbocycles. The number of Topliss-reactive ketones (excluding diaryl/α,β-unsaturated/α-hetero) is 1. The number of carbonyl (C=O) groups is 1. The zero-order chi connectivity index (χ0) is 17.4. The Balaban J connectivity index is 2.17. The van der Waals surface area contributed by atoms with Crippen LogP contribution in [0.15, 0.2) is 6.07 Å². The summed E-state index contributed by atoms with van der Waals surface area (Å²) in [5, 5.41) is 0. The summed E-state index contributed by atoms with van der Waals surface area (Å²) in [5.41, 5.74) is 2.46. The lowest BCUT2D eigenvalue weighted by Gasteiger charge is -2.16. The number of sulfone groups is 1. The van der Waals surface area contributed by atoms with Gasteiger partial charge in [-0.3, -0.25) is 4.79 Å². The van der Waals surface area contributed by atoms with Crippen LogP contribution in [0.4, 0.5) is 0 Å². The van der Waals surface area contributed by atoms with E-state index in [9.17, 15) is 13.2 Å². The highest BCUT2D eigenvalue weighted by Crippen LogP contribution is 2.29. The molecule has 23 heavy (non-hydrogen) atoms. The smallest absolute Gasteiger partial charge is 0.174 e. The molecule has 8 heteroatoms. The van der Waals surface area contributed by atoms with Crippen molar-refractivity contribution in [3.8, 4) is 0 Å². The van der Waals surface area contributed by atoms with Gasteiger partial charge in [-0.25, -0.2) is 8.42 Å². The number of hydrogen-bond donors (Lipinski definition) is 0. The summed E-state index contributed by atoms with van der Waals surface area (Å²) >= 11 is 6.53. The van der Waals surface area contributed by atoms with Gasteiger partial charge in [0.05, 0.1) is 17.3 Å². The van der Waals surface area contributed by atoms with Gasteiger partial charge in [-0.1, -0.05) is 24.0 Å². The quantitative estimate of drug-likeness (QED) is 0.595. The number of nitrogens with zero attached hydrogens (tertiary/aromatic N) is 2. The Labute approximate surface area is 147 Å². The minimum Gasteiger partial charge on any atom is -0.364 e. The Morgan fingerprint density at radius 2 is 2.09 bits per heavy atom. The third-order valence-electron chi connectivity index (χ3n) is 4.05. The molecule has 0 radical (unpaired) electrons. The van der Waals surface area contributed by atoms with E-state index in [4.69, 9.17) is 12.2 Å². The van der Waals surface area contributed by atoms with Gasteiger partial charge >= 0.3 is 0 Å². The van der Waals surface area contributed by atoms with E-state index in [1.807, 2.05) is 38.6 Å². The topological polar surface area (TPSA) is 59.4 Å². The van der Waals surface area contributed by atoms with E-state index < -0.39 is 9.84 Å². The van der Waals surface area contributed by atoms with Gasteiger partial charge in [0.25, 0.3) is 0 Å². The Bertz CT molecular complexity index is 735. The van der Waals surface area contributed by atoms with Crippen LogP contribution in [0, 0.1) is 13.8 Å². The lowest BCUT2D eigenvalue weighted by molar-refractivity contribution is 0.102. The standard InChI is InChI=1S/C15H22N2O3S3/c1-10-7-13(14(18)8-22-15(21)16(3)4)11(2)17(10)12-5-6-23(19,20)9-12/h7,12H,5-6,8-9H2,1-4H3/t12-/m0/s1. The predicted molar refractivity (Wildman–Crippen MR) is 99.3 cm³/mol. The first-order chi connectivity index (χ1) is 10.6. The van der Waals surface area contributed by atoms with E-state index in [1.165, 1.54) is 11.8 Å². The number of aryl methyl sites for hydroxylation is 1. The summed E-state index contributed by atoms with van der Waals surface area (Å²) in [4.78, 5) is 14.3. The molecule has 1 fully saturated rings. The van der Waals surface area contributed by atoms with Gasteiger partial charge in [-0.2, -0.15) is 0 Å². The van der Waals surface area contributed by atoms with Gasteiger partial charge in [0.1, 0.15) is 4.32 Å². The number of aromatic nitrogens is 1. The first kappa shape index (κ1) is 18.5. The first-order valence-electron chi connectivity index (χ1n) is 7.38. The van der Waals surface area contributed by atoms with Gasteiger partial charge in [0.15, 0.2) is 15.6 Å². The second kappa shape index (κ2) is 6.94. The molecule has 0 aromatic carbocycles. The van der Waals surface area contributed by atoms with Crippen LogP contribution in [-0.4, -0.2) is 59.3 Å². The minimum atomic E-state index is -2.95. The highest BCUT2D eigenvalue weighted by atomic mass is 32.2. The predicted octanol–water partition coefficient (Wildman–Crippen LogP) is 2.23. The fraction of sp³-hybridized carbons (Fsp3) is 0.600. The SMILES string of the molecule is Cc1cc(C(=O)CSC(=S)N(C)C)c(C)n1[C@H]1CCS(=O)(=O)C1. The zero-order valence-electron chi connectivity index (χ0n) is 13.8. The van der Waals surface area contributed by atoms with E-state index in [1.54, 1.807) is 4.90 Å². The average molecular weight is 375 g/mol. The second-order valence-electron chi connectivity index (χ2n) is 6.08. The van der Waals surface area contributed by atoms with Crippen molar-refractivity contribution >= 4 is 43.9 Å². The van der Waals surface area contributed by atoms with Crippen molar-refractivity contribution in [3.63, 3.8) is 0 Å². The van der Waals surface area contributed by atoms with Crippen molar-refractivity contribution < 1.29 is 13.2 Å². The van der Waals surface area contributed by atoms with Crippen LogP contribution in [0.5, 0.6) is 0 Å². The molecule has 0 amide bonds. The monoisotopic (exact) mass is 374 g/mol. The van der Waals surface area contributed by atoms with Gasteiger partial charge in [0.2, 0.25) is 0 Å². The van der Waals surface area contributed by atoms with Crippen LogP contribution in [0.1, 0.15) is 34.2 Å². The molecule has 1 aliphatic heterocycles. The number of hydrogen-bond acceptors (Lipinski definition) is 5. The highest BCUT2D eigenvalue weighted by Gasteiger charge is 2.31. The van der Waals surface area contributed by atoms with Crippen molar-refractivity contribution in [2.75, 3.05) is 31.4 Å². The third kappa shape index (κ3) is 4.16. The molecule has 1 aromatic rings. The lowest BCUT2D eigenvalue weighted by Crippen LogP contribution is -2.18. The molecule has 0 spiro atoms. The molecule has 1 aromatic heterocycles. The summed E-state index contributed by atoms with van der Waals surface area (Å²) in [5.74, 6) is 0.713. The molecule has 5 nitrogen and oxygen atoms in total. The lowest BCUT2D eigenvalue weighted by atomic mass is 10.2. The van der Waals surface area contributed by atoms with Crippen molar-refractivity contribution in [1.82, 2.24) is 9.47 Å². The van der Waals surface area contributed by atoms with E-state index in [2.05, 4.69) is 0 Å². The normalized spacial score (nSPS) is 19.7. The van der Waals surface area contributed by atoms with Crippen molar-refractivity contribution in [2.45, 2.75) is 26.3 Å². The van der Waals surface area contributed by atoms with Gasteiger partial charge in [-0.15, -0.1) is 0 Å². The van der Waals surface area contributed by atoms with Crippen LogP contribution < -0.4 is 0 Å². The fourth-order valence-electron chi connectivity index (χ4n) is 2.93. The molecule has 0 unspecified atom stereocenters. The Morgan fingerprint density at radius 1 is 1.43 bits per heavy atom. The van der Waals surface area contributed by atoms with Crippen LogP contribution in [0.2, 0.25) is 0 Å². The average Bonchev–Trinajstić information content (AvgIpc) is 2.95. The van der Waals surface area contributed by atoms with E-state index in [0.717, 1.165) is 11.4 Å². The fourth-order valence-corrected chi connectivity index (χ4v) is 5.48. The molecule has 1 aliphatic rings. The van der Waals surface area contributed by atoms with Gasteiger partial charge in [-0.05, 0) is 26.3 Å². The number of rotatable bonds is 4. The Kier molecular flexibility index (Phi) is 5.58. The van der Waals surface area contributed by atoms with Crippen LogP contribution in [-0.2, 0) is 9.84 Å². The third-order valence-corrected chi connectivity index (χ3v) is 7.54. The Morgan fingerprint density at radius 3 is 2.61 bits per heavy atom. The zero-order valence-corrected chi connectivity index (χ0v) is 16.3. The number of thioether (sulfide) groups is 1. The van der Waals surface area contributed by atoms with Crippen molar-refractivity contribution in [2.24, 2.45) is 0 Å². The second-order valence-corrected chi connectivity index (χ2v) is 9.92. The summed E-state index contributed by atoms with van der Waals surface area (Å²) in [6, 6.07) is 1.80. The molecule has 1 atom stereocenters. The van der Waals surface area contributed by atoms with Crippen LogP contribution in [0.3, 0.4) is 0 Å². The van der Waals surface area contributed by atoms with E-state index in [0.29, 0.717) is 22.1 Å². The minimum absolute atomic E-state index is 0.0272. The molecule has 2 rings (SSSR count). The number of ketones is 1. The maximum atomic E-state index is 12.5. The summed E-state index contributed by atoms with van der Waals surface area (Å²) in [7, 11) is 0.755. The molecular formula is C15H22N2O3S3. The summed E-state index contributed by atoms with van der Waals surface area (Å²) in [6.07, 6.45) is 0.617. The van der Waals surface area contributed by atoms with Gasteiger partial charge in [0, 0.05) is 37.1 Å². The maximum absolute atomic E-state index is 12.5. The molecule has 2 heterocycles. The molecule has 128 valence electrons. The van der Waals surface area contributed by atoms with Crippen LogP contribution >= 0.6 is 24.0 Å². The maximum Gasteiger partial charge on any atom is 0.174 e. The molecule has 0 aliphatic carbocycles. The molecule has 0 N–H and O–H groups in total. The van der Waals surface area contributed by atoms with E-state index >= 15 is 0 Å². The highest BCUT2D eigenvalue weighted by molar-refractivity contribution is 8.23. The molecular weight excluding hydrogens is 352 g/mol. The number of carbonyl (C=O) groups excluding carboxylic acids is 1. The number of thiocarbonyl (C=S) groups is 1. The largest absolute Gasteiger partial charge is 0.364 e. The van der Waals surface area contributed by atoms with Crippen LogP contribution in [0.25, 0.3) is 0 Å². The first-order valence-corrected chi connectivity index (χ1v) is 10.6. The Hall–Kier alpha value is -0.860. The molecule has 1 saturated heterocycles. The van der Waals surface area contributed by atoms with Crippen molar-refractivity contribution in [1.29, 1.82) is 0 Å². The molecule has 0 bridgehead atoms. The van der Waals surface area contributed by atoms with Crippen molar-refractivity contribution in [3.05, 3.63) is 23.0 Å².